The third-order valence-corrected chi connectivity index (χ3v) is 16.0. The van der Waals surface area contributed by atoms with Crippen molar-refractivity contribution >= 4 is 44.9 Å². The zero-order valence-electron chi connectivity index (χ0n) is 40.2. The van der Waals surface area contributed by atoms with E-state index >= 15 is 0 Å². The Labute approximate surface area is 406 Å². The predicted molar refractivity (Wildman–Crippen MR) is 291 cm³/mol. The largest absolute Gasteiger partial charge is 0.310 e. The van der Waals surface area contributed by atoms with Crippen molar-refractivity contribution in [2.45, 2.75) is 57.8 Å². The van der Waals surface area contributed by atoms with Crippen LogP contribution in [0.5, 0.6) is 0 Å². The first kappa shape index (κ1) is 41.3. The summed E-state index contributed by atoms with van der Waals surface area (Å²) in [6.07, 6.45) is 0. The lowest BCUT2D eigenvalue weighted by Gasteiger charge is -2.32. The summed E-state index contributed by atoms with van der Waals surface area (Å²) in [6.45, 7) is 14.3. The lowest BCUT2D eigenvalue weighted by molar-refractivity contribution is 0.660. The molecule has 0 radical (unpaired) electrons. The number of benzene rings is 10. The molecule has 0 bridgehead atoms. The van der Waals surface area contributed by atoms with Crippen molar-refractivity contribution in [1.29, 1.82) is 0 Å². The highest BCUT2D eigenvalue weighted by Gasteiger charge is 2.39. The highest BCUT2D eigenvalue weighted by Crippen LogP contribution is 2.56. The predicted octanol–water partition coefficient (Wildman–Crippen LogP) is 18.4. The lowest BCUT2D eigenvalue weighted by Crippen LogP contribution is -2.18. The normalized spacial score (nSPS) is 14.9. The Kier molecular flexibility index (Phi) is 8.99. The van der Waals surface area contributed by atoms with Crippen LogP contribution in [0.15, 0.2) is 218 Å². The van der Waals surface area contributed by atoms with Gasteiger partial charge in [0, 0.05) is 50.4 Å². The number of hydrogen-bond donors (Lipinski definition) is 0. The molecule has 0 atom stereocenters. The van der Waals surface area contributed by atoms with Gasteiger partial charge in [0.15, 0.2) is 0 Å². The van der Waals surface area contributed by atoms with E-state index in [1.165, 1.54) is 83.1 Å². The molecule has 69 heavy (non-hydrogen) atoms. The monoisotopic (exact) mass is 886 g/mol. The van der Waals surface area contributed by atoms with Gasteiger partial charge in [0.2, 0.25) is 0 Å². The average molecular weight is 887 g/mol. The van der Waals surface area contributed by atoms with Gasteiger partial charge in [-0.15, -0.1) is 0 Å². The second kappa shape index (κ2) is 15.0. The minimum Gasteiger partial charge on any atom is -0.310 e. The van der Waals surface area contributed by atoms with E-state index in [1.54, 1.807) is 0 Å². The average Bonchev–Trinajstić information content (AvgIpc) is 3.86. The molecule has 0 spiro atoms. The molecule has 0 unspecified atom stereocenters. The SMILES string of the molecule is CC1(C)c2ccccc2-c2ccc(N(c3cc(-c4ccc5c(c4)C(C)(C)c4c-5ccc5ccccc45)cc(N(c4ccccc4)c4ccccc4)c3)c3ccc4c(c3)C(C)(C)c3ccccc3-4)cc21. The van der Waals surface area contributed by atoms with E-state index in [9.17, 15) is 0 Å². The Bertz CT molecular complexity index is 3560. The molecule has 0 fully saturated rings. The van der Waals surface area contributed by atoms with Crippen molar-refractivity contribution in [1.82, 2.24) is 0 Å². The van der Waals surface area contributed by atoms with Gasteiger partial charge in [-0.05, 0) is 161 Å². The molecular weight excluding hydrogens is 833 g/mol. The van der Waals surface area contributed by atoms with Crippen LogP contribution in [0.4, 0.5) is 34.1 Å². The topological polar surface area (TPSA) is 6.48 Å². The van der Waals surface area contributed by atoms with E-state index in [0.717, 1.165) is 39.7 Å². The molecule has 0 saturated carbocycles. The van der Waals surface area contributed by atoms with E-state index in [2.05, 4.69) is 270 Å². The zero-order chi connectivity index (χ0) is 46.8. The molecule has 10 aromatic rings. The molecule has 0 N–H and O–H groups in total. The van der Waals surface area contributed by atoms with Gasteiger partial charge in [-0.25, -0.2) is 0 Å². The van der Waals surface area contributed by atoms with Crippen LogP contribution < -0.4 is 9.80 Å². The maximum absolute atomic E-state index is 2.53. The standard InChI is InChI=1S/C67H54N2/c1-65(2)59-27-17-15-25-53(59)55-35-31-48(41-62(55)65)69(49-32-36-56-54-26-16-18-28-60(54)66(3,4)63(56)42-49)51-38-45(37-50(40-51)68(46-20-9-7-10-21-46)47-22-11-8-12-23-47)44-30-33-57-58-34-29-43-19-13-14-24-52(43)64(58)67(5,6)61(57)39-44/h7-42H,1-6H3. The fraction of sp³-hybridized carbons (Fsp3) is 0.134. The van der Waals surface area contributed by atoms with Gasteiger partial charge in [-0.1, -0.05) is 187 Å². The Balaban J connectivity index is 1.06. The summed E-state index contributed by atoms with van der Waals surface area (Å²) in [7, 11) is 0. The minimum atomic E-state index is -0.197. The maximum atomic E-state index is 2.53. The number of anilines is 6. The van der Waals surface area contributed by atoms with Crippen LogP contribution in [0.1, 0.15) is 74.9 Å². The van der Waals surface area contributed by atoms with Crippen LogP contribution >= 0.6 is 0 Å². The fourth-order valence-corrected chi connectivity index (χ4v) is 12.5. The molecule has 0 saturated heterocycles. The Morgan fingerprint density at radius 2 is 0.696 bits per heavy atom. The molecular formula is C67H54N2. The van der Waals surface area contributed by atoms with Crippen LogP contribution in [0.3, 0.4) is 0 Å². The molecule has 0 heterocycles. The van der Waals surface area contributed by atoms with Gasteiger partial charge in [0.25, 0.3) is 0 Å². The first-order chi connectivity index (χ1) is 33.5. The zero-order valence-corrected chi connectivity index (χ0v) is 40.2. The van der Waals surface area contributed by atoms with E-state index in [0.29, 0.717) is 0 Å². The Morgan fingerprint density at radius 1 is 0.261 bits per heavy atom. The summed E-state index contributed by atoms with van der Waals surface area (Å²) >= 11 is 0. The van der Waals surface area contributed by atoms with E-state index < -0.39 is 0 Å². The number of para-hydroxylation sites is 2. The minimum absolute atomic E-state index is 0.167. The first-order valence-corrected chi connectivity index (χ1v) is 24.5. The number of rotatable bonds is 7. The molecule has 13 rings (SSSR count). The van der Waals surface area contributed by atoms with Gasteiger partial charge in [0.1, 0.15) is 0 Å². The summed E-state index contributed by atoms with van der Waals surface area (Å²) in [6, 6.07) is 81.9. The Hall–Kier alpha value is -7.94. The van der Waals surface area contributed by atoms with Crippen molar-refractivity contribution in [2.75, 3.05) is 9.80 Å². The maximum Gasteiger partial charge on any atom is 0.0488 e. The van der Waals surface area contributed by atoms with Crippen molar-refractivity contribution in [2.24, 2.45) is 0 Å². The highest BCUT2D eigenvalue weighted by molar-refractivity contribution is 5.99. The van der Waals surface area contributed by atoms with Crippen LogP contribution in [0.25, 0.3) is 55.3 Å². The molecule has 2 nitrogen and oxygen atoms in total. The van der Waals surface area contributed by atoms with Gasteiger partial charge in [-0.3, -0.25) is 0 Å². The molecule has 10 aromatic carbocycles. The molecule has 3 aliphatic carbocycles. The summed E-state index contributed by atoms with van der Waals surface area (Å²) in [5, 5.41) is 2.62. The molecule has 0 aromatic heterocycles. The van der Waals surface area contributed by atoms with Crippen molar-refractivity contribution in [3.05, 3.63) is 252 Å². The molecule has 0 aliphatic heterocycles. The lowest BCUT2D eigenvalue weighted by atomic mass is 9.79. The fourth-order valence-electron chi connectivity index (χ4n) is 12.5. The van der Waals surface area contributed by atoms with Crippen LogP contribution in [0, 0.1) is 0 Å². The van der Waals surface area contributed by atoms with Crippen molar-refractivity contribution in [3.63, 3.8) is 0 Å². The van der Waals surface area contributed by atoms with Crippen LogP contribution in [0.2, 0.25) is 0 Å². The van der Waals surface area contributed by atoms with E-state index in [-0.39, 0.29) is 16.2 Å². The van der Waals surface area contributed by atoms with E-state index in [4.69, 9.17) is 0 Å². The summed E-state index contributed by atoms with van der Waals surface area (Å²) in [5.41, 5.74) is 24.6. The molecule has 2 heteroatoms. The molecule has 332 valence electrons. The second-order valence-electron chi connectivity index (χ2n) is 21.0. The molecule has 3 aliphatic rings. The summed E-state index contributed by atoms with van der Waals surface area (Å²) < 4.78 is 0. The number of hydrogen-bond acceptors (Lipinski definition) is 2. The van der Waals surface area contributed by atoms with Gasteiger partial charge < -0.3 is 9.80 Å². The van der Waals surface area contributed by atoms with Gasteiger partial charge >= 0.3 is 0 Å². The van der Waals surface area contributed by atoms with Crippen LogP contribution in [-0.2, 0) is 16.2 Å². The Morgan fingerprint density at radius 3 is 1.28 bits per heavy atom. The van der Waals surface area contributed by atoms with E-state index in [1.807, 2.05) is 0 Å². The van der Waals surface area contributed by atoms with Crippen LogP contribution in [-0.4, -0.2) is 0 Å². The summed E-state index contributed by atoms with van der Waals surface area (Å²) in [4.78, 5) is 4.94. The molecule has 0 amide bonds. The van der Waals surface area contributed by atoms with Crippen molar-refractivity contribution in [3.8, 4) is 44.5 Å². The third kappa shape index (κ3) is 6.18. The van der Waals surface area contributed by atoms with Gasteiger partial charge in [0.05, 0.1) is 0 Å². The quantitative estimate of drug-likeness (QED) is 0.157. The van der Waals surface area contributed by atoms with Gasteiger partial charge in [-0.2, -0.15) is 0 Å². The third-order valence-electron chi connectivity index (χ3n) is 16.0. The highest BCUT2D eigenvalue weighted by atomic mass is 15.2. The second-order valence-corrected chi connectivity index (χ2v) is 21.0. The summed E-state index contributed by atoms with van der Waals surface area (Å²) in [5.74, 6) is 0. The smallest absolute Gasteiger partial charge is 0.0488 e. The van der Waals surface area contributed by atoms with Crippen molar-refractivity contribution < 1.29 is 0 Å². The number of fused-ring (bicyclic) bond motifs is 11. The first-order valence-electron chi connectivity index (χ1n) is 24.5. The number of nitrogens with zero attached hydrogens (tertiary/aromatic N) is 2.